The van der Waals surface area contributed by atoms with Crippen molar-refractivity contribution in [2.24, 2.45) is 11.7 Å². The number of nitrogens with two attached hydrogens (primary N) is 1. The first-order chi connectivity index (χ1) is 7.66. The smallest absolute Gasteiger partial charge is 0.239 e. The first-order valence-corrected chi connectivity index (χ1v) is 5.97. The predicted molar refractivity (Wildman–Crippen MR) is 59.5 cm³/mol. The number of hydrogen-bond donors (Lipinski definition) is 2. The number of nitrogens with one attached hydrogen (secondary N) is 1. The lowest BCUT2D eigenvalue weighted by Gasteiger charge is -2.28. The van der Waals surface area contributed by atoms with Gasteiger partial charge in [0, 0.05) is 25.6 Å². The summed E-state index contributed by atoms with van der Waals surface area (Å²) in [5.74, 6) is 0.338. The van der Waals surface area contributed by atoms with Crippen molar-refractivity contribution in [2.75, 3.05) is 19.6 Å². The molecule has 1 aliphatic heterocycles. The molecule has 1 aliphatic carbocycles. The molecule has 3 N–H and O–H groups in total. The van der Waals surface area contributed by atoms with Gasteiger partial charge in [-0.3, -0.25) is 9.59 Å². The first kappa shape index (κ1) is 11.4. The molecule has 2 aliphatic rings. The van der Waals surface area contributed by atoms with Gasteiger partial charge in [-0.25, -0.2) is 0 Å². The normalized spacial score (nSPS) is 30.3. The SMILES string of the molecule is N[C@@H]1CCC[C@H]1CC(=O)N1CCNC(=O)C1. The van der Waals surface area contributed by atoms with Crippen molar-refractivity contribution in [2.45, 2.75) is 31.7 Å². The highest BCUT2D eigenvalue weighted by Crippen LogP contribution is 2.27. The van der Waals surface area contributed by atoms with Gasteiger partial charge in [-0.1, -0.05) is 6.42 Å². The highest BCUT2D eigenvalue weighted by atomic mass is 16.2. The third-order valence-electron chi connectivity index (χ3n) is 3.55. The lowest BCUT2D eigenvalue weighted by molar-refractivity contribution is -0.139. The van der Waals surface area contributed by atoms with Gasteiger partial charge in [0.1, 0.15) is 0 Å². The molecule has 0 aromatic carbocycles. The molecule has 0 aromatic heterocycles. The van der Waals surface area contributed by atoms with Gasteiger partial charge in [0.25, 0.3) is 0 Å². The number of carbonyl (C=O) groups excluding carboxylic acids is 2. The zero-order valence-corrected chi connectivity index (χ0v) is 9.45. The van der Waals surface area contributed by atoms with E-state index in [4.69, 9.17) is 5.73 Å². The fourth-order valence-electron chi connectivity index (χ4n) is 2.52. The molecule has 1 saturated heterocycles. The molecule has 1 heterocycles. The third kappa shape index (κ3) is 2.52. The molecule has 90 valence electrons. The van der Waals surface area contributed by atoms with Crippen LogP contribution in [0.4, 0.5) is 0 Å². The molecule has 0 bridgehead atoms. The Balaban J connectivity index is 1.85. The zero-order valence-electron chi connectivity index (χ0n) is 9.45. The summed E-state index contributed by atoms with van der Waals surface area (Å²) in [4.78, 5) is 24.7. The van der Waals surface area contributed by atoms with Crippen molar-refractivity contribution in [3.8, 4) is 0 Å². The third-order valence-corrected chi connectivity index (χ3v) is 3.55. The van der Waals surface area contributed by atoms with Crippen LogP contribution in [-0.2, 0) is 9.59 Å². The van der Waals surface area contributed by atoms with Crippen LogP contribution in [0.25, 0.3) is 0 Å². The Kier molecular flexibility index (Phi) is 3.43. The molecule has 0 spiro atoms. The van der Waals surface area contributed by atoms with Gasteiger partial charge in [-0.2, -0.15) is 0 Å². The Labute approximate surface area is 95.3 Å². The van der Waals surface area contributed by atoms with Crippen LogP contribution in [0, 0.1) is 5.92 Å². The Morgan fingerprint density at radius 1 is 1.50 bits per heavy atom. The van der Waals surface area contributed by atoms with E-state index in [-0.39, 0.29) is 24.4 Å². The van der Waals surface area contributed by atoms with Crippen LogP contribution in [0.1, 0.15) is 25.7 Å². The molecule has 0 unspecified atom stereocenters. The number of nitrogens with zero attached hydrogens (tertiary/aromatic N) is 1. The van der Waals surface area contributed by atoms with Gasteiger partial charge >= 0.3 is 0 Å². The average Bonchev–Trinajstić information content (AvgIpc) is 2.64. The molecule has 2 amide bonds. The maximum Gasteiger partial charge on any atom is 0.239 e. The molecule has 2 atom stereocenters. The van der Waals surface area contributed by atoms with E-state index >= 15 is 0 Å². The summed E-state index contributed by atoms with van der Waals surface area (Å²) in [6.07, 6.45) is 3.71. The number of carbonyl (C=O) groups is 2. The molecule has 5 heteroatoms. The molecule has 2 rings (SSSR count). The minimum atomic E-state index is -0.0599. The topological polar surface area (TPSA) is 75.4 Å². The van der Waals surface area contributed by atoms with Gasteiger partial charge < -0.3 is 16.0 Å². The summed E-state index contributed by atoms with van der Waals surface area (Å²) in [6.45, 7) is 1.41. The largest absolute Gasteiger partial charge is 0.353 e. The fraction of sp³-hybridized carbons (Fsp3) is 0.818. The van der Waals surface area contributed by atoms with Crippen molar-refractivity contribution < 1.29 is 9.59 Å². The molecular formula is C11H19N3O2. The Bertz CT molecular complexity index is 293. The Morgan fingerprint density at radius 2 is 2.31 bits per heavy atom. The van der Waals surface area contributed by atoms with Crippen molar-refractivity contribution in [3.05, 3.63) is 0 Å². The number of amides is 2. The van der Waals surface area contributed by atoms with Crippen molar-refractivity contribution in [1.29, 1.82) is 0 Å². The first-order valence-electron chi connectivity index (χ1n) is 5.97. The summed E-state index contributed by atoms with van der Waals surface area (Å²) < 4.78 is 0. The summed E-state index contributed by atoms with van der Waals surface area (Å²) >= 11 is 0. The van der Waals surface area contributed by atoms with Crippen molar-refractivity contribution in [1.82, 2.24) is 10.2 Å². The highest BCUT2D eigenvalue weighted by molar-refractivity contribution is 5.86. The fourth-order valence-corrected chi connectivity index (χ4v) is 2.52. The van der Waals surface area contributed by atoms with E-state index in [1.807, 2.05) is 0 Å². The summed E-state index contributed by atoms with van der Waals surface area (Å²) in [6, 6.07) is 0.169. The molecule has 2 fully saturated rings. The van der Waals surface area contributed by atoms with E-state index < -0.39 is 0 Å². The van der Waals surface area contributed by atoms with Crippen LogP contribution in [0.2, 0.25) is 0 Å². The van der Waals surface area contributed by atoms with Gasteiger partial charge in [0.15, 0.2) is 0 Å². The van der Waals surface area contributed by atoms with E-state index in [0.717, 1.165) is 19.3 Å². The van der Waals surface area contributed by atoms with Crippen LogP contribution < -0.4 is 11.1 Å². The van der Waals surface area contributed by atoms with Crippen LogP contribution >= 0.6 is 0 Å². The minimum absolute atomic E-state index is 0.0599. The molecule has 0 aromatic rings. The van der Waals surface area contributed by atoms with E-state index in [2.05, 4.69) is 5.32 Å². The lowest BCUT2D eigenvalue weighted by Crippen LogP contribution is -2.50. The number of piperazine rings is 1. The van der Waals surface area contributed by atoms with Crippen molar-refractivity contribution in [3.63, 3.8) is 0 Å². The molecule has 0 radical (unpaired) electrons. The number of hydrogen-bond acceptors (Lipinski definition) is 3. The Morgan fingerprint density at radius 3 is 2.94 bits per heavy atom. The maximum atomic E-state index is 11.9. The van der Waals surface area contributed by atoms with E-state index in [0.29, 0.717) is 25.4 Å². The highest BCUT2D eigenvalue weighted by Gasteiger charge is 2.29. The van der Waals surface area contributed by atoms with Crippen LogP contribution in [0.5, 0.6) is 0 Å². The molecule has 1 saturated carbocycles. The number of rotatable bonds is 2. The summed E-state index contributed by atoms with van der Waals surface area (Å²) in [5.41, 5.74) is 5.93. The summed E-state index contributed by atoms with van der Waals surface area (Å²) in [7, 11) is 0. The molecule has 5 nitrogen and oxygen atoms in total. The summed E-state index contributed by atoms with van der Waals surface area (Å²) in [5, 5.41) is 2.71. The van der Waals surface area contributed by atoms with Crippen LogP contribution in [0.3, 0.4) is 0 Å². The van der Waals surface area contributed by atoms with Crippen LogP contribution in [0.15, 0.2) is 0 Å². The molecular weight excluding hydrogens is 206 g/mol. The van der Waals surface area contributed by atoms with Gasteiger partial charge in [-0.05, 0) is 18.8 Å². The van der Waals surface area contributed by atoms with Crippen LogP contribution in [-0.4, -0.2) is 42.4 Å². The predicted octanol–water partition coefficient (Wildman–Crippen LogP) is -0.538. The van der Waals surface area contributed by atoms with E-state index in [9.17, 15) is 9.59 Å². The standard InChI is InChI=1S/C11H19N3O2/c12-9-3-1-2-8(9)6-11(16)14-5-4-13-10(15)7-14/h8-9H,1-7,12H2,(H,13,15)/t8-,9+/m0/s1. The van der Waals surface area contributed by atoms with Gasteiger partial charge in [0.05, 0.1) is 6.54 Å². The lowest BCUT2D eigenvalue weighted by atomic mass is 9.99. The van der Waals surface area contributed by atoms with E-state index in [1.54, 1.807) is 4.90 Å². The second-order valence-corrected chi connectivity index (χ2v) is 4.72. The minimum Gasteiger partial charge on any atom is -0.353 e. The second kappa shape index (κ2) is 4.82. The Hall–Kier alpha value is -1.10. The maximum absolute atomic E-state index is 11.9. The van der Waals surface area contributed by atoms with Gasteiger partial charge in [-0.15, -0.1) is 0 Å². The zero-order chi connectivity index (χ0) is 11.5. The monoisotopic (exact) mass is 225 g/mol. The second-order valence-electron chi connectivity index (χ2n) is 4.72. The molecule has 16 heavy (non-hydrogen) atoms. The van der Waals surface area contributed by atoms with E-state index in [1.165, 1.54) is 0 Å². The van der Waals surface area contributed by atoms with Gasteiger partial charge in [0.2, 0.25) is 11.8 Å². The average molecular weight is 225 g/mol. The quantitative estimate of drug-likeness (QED) is 0.663. The van der Waals surface area contributed by atoms with Crippen molar-refractivity contribution >= 4 is 11.8 Å².